The molecule has 0 fully saturated rings. The second kappa shape index (κ2) is 12.1. The molecule has 0 bridgehead atoms. The molecule has 0 aliphatic rings. The number of phenolic OH excluding ortho intramolecular Hbond substituents is 2. The van der Waals surface area contributed by atoms with E-state index in [1.807, 2.05) is 0 Å². The van der Waals surface area contributed by atoms with Gasteiger partial charge in [-0.3, -0.25) is 4.90 Å². The Hall–Kier alpha value is -3.30. The second-order valence-corrected chi connectivity index (χ2v) is 17.2. The molecule has 0 heterocycles. The van der Waals surface area contributed by atoms with E-state index in [1.165, 1.54) is 27.5 Å². The van der Waals surface area contributed by atoms with Gasteiger partial charge in [0.1, 0.15) is 11.5 Å². The van der Waals surface area contributed by atoms with Crippen molar-refractivity contribution in [3.8, 4) is 11.5 Å². The van der Waals surface area contributed by atoms with Gasteiger partial charge in [-0.2, -0.15) is 0 Å². The third-order valence-corrected chi connectivity index (χ3v) is 9.29. The van der Waals surface area contributed by atoms with E-state index in [2.05, 4.69) is 162 Å². The molecule has 0 aliphatic carbocycles. The van der Waals surface area contributed by atoms with Gasteiger partial charge >= 0.3 is 0 Å². The minimum absolute atomic E-state index is 0.00246. The van der Waals surface area contributed by atoms with Crippen molar-refractivity contribution in [2.45, 2.75) is 131 Å². The normalized spacial score (nSPS) is 13.9. The molecule has 4 aromatic carbocycles. The number of benzene rings is 4. The van der Waals surface area contributed by atoms with Gasteiger partial charge < -0.3 is 10.2 Å². The van der Waals surface area contributed by atoms with Crippen LogP contribution in [-0.2, 0) is 34.7 Å². The van der Waals surface area contributed by atoms with Crippen molar-refractivity contribution in [2.75, 3.05) is 0 Å². The van der Waals surface area contributed by atoms with E-state index < -0.39 is 0 Å². The maximum Gasteiger partial charge on any atom is 0.123 e. The standard InChI is InChI=1S/C42H57NO2/c1-27(33-20-16-18-28-17-14-15-19-34(28)33)43(25-29-21-31(39(2,3)4)23-35(37(29)44)41(8,9)10)26-30-22-32(40(5,6)7)24-36(38(30)45)42(11,12)13/h14-24,27,44-45H,25-26H2,1-13H3. The van der Waals surface area contributed by atoms with Gasteiger partial charge in [0, 0.05) is 30.3 Å². The van der Waals surface area contributed by atoms with Crippen LogP contribution < -0.4 is 0 Å². The van der Waals surface area contributed by atoms with E-state index in [-0.39, 0.29) is 27.7 Å². The van der Waals surface area contributed by atoms with Crippen molar-refractivity contribution in [1.29, 1.82) is 0 Å². The van der Waals surface area contributed by atoms with Crippen LogP contribution in [0.15, 0.2) is 66.7 Å². The molecule has 0 aliphatic heterocycles. The van der Waals surface area contributed by atoms with Crippen molar-refractivity contribution in [2.24, 2.45) is 0 Å². The summed E-state index contributed by atoms with van der Waals surface area (Å²) in [6.45, 7) is 29.7. The maximum absolute atomic E-state index is 11.8. The molecule has 45 heavy (non-hydrogen) atoms. The molecular weight excluding hydrogens is 550 g/mol. The number of hydrogen-bond acceptors (Lipinski definition) is 3. The van der Waals surface area contributed by atoms with Crippen LogP contribution in [0.25, 0.3) is 10.8 Å². The third-order valence-electron chi connectivity index (χ3n) is 9.29. The topological polar surface area (TPSA) is 43.7 Å². The lowest BCUT2D eigenvalue weighted by atomic mass is 9.78. The summed E-state index contributed by atoms with van der Waals surface area (Å²) in [6, 6.07) is 23.8. The smallest absolute Gasteiger partial charge is 0.123 e. The lowest BCUT2D eigenvalue weighted by Gasteiger charge is -2.34. The molecule has 2 N–H and O–H groups in total. The lowest BCUT2D eigenvalue weighted by Crippen LogP contribution is -2.28. The average Bonchev–Trinajstić information content (AvgIpc) is 2.91. The molecule has 0 saturated heterocycles. The van der Waals surface area contributed by atoms with E-state index in [4.69, 9.17) is 0 Å². The van der Waals surface area contributed by atoms with Crippen LogP contribution in [0.1, 0.15) is 135 Å². The number of nitrogens with zero attached hydrogens (tertiary/aromatic N) is 1. The quantitative estimate of drug-likeness (QED) is 0.229. The van der Waals surface area contributed by atoms with Gasteiger partial charge in [0.2, 0.25) is 0 Å². The van der Waals surface area contributed by atoms with Crippen molar-refractivity contribution in [1.82, 2.24) is 4.90 Å². The zero-order chi connectivity index (χ0) is 33.7. The predicted octanol–water partition coefficient (Wildman–Crippen LogP) is 11.2. The Kier molecular flexibility index (Phi) is 9.32. The summed E-state index contributed by atoms with van der Waals surface area (Å²) in [6.07, 6.45) is 0. The van der Waals surface area contributed by atoms with Gasteiger partial charge in [0.05, 0.1) is 0 Å². The highest BCUT2D eigenvalue weighted by atomic mass is 16.3. The van der Waals surface area contributed by atoms with E-state index in [1.54, 1.807) is 0 Å². The monoisotopic (exact) mass is 607 g/mol. The Morgan fingerprint density at radius 2 is 0.978 bits per heavy atom. The fraction of sp³-hybridized carbons (Fsp3) is 0.476. The van der Waals surface area contributed by atoms with Gasteiger partial charge in [0.15, 0.2) is 0 Å². The first kappa shape index (κ1) is 34.6. The second-order valence-electron chi connectivity index (χ2n) is 17.2. The molecule has 3 heteroatoms. The van der Waals surface area contributed by atoms with Gasteiger partial charge in [0.25, 0.3) is 0 Å². The summed E-state index contributed by atoms with van der Waals surface area (Å²) in [5.74, 6) is 0.738. The number of hydrogen-bond donors (Lipinski definition) is 2. The zero-order valence-electron chi connectivity index (χ0n) is 30.2. The fourth-order valence-corrected chi connectivity index (χ4v) is 6.22. The van der Waals surface area contributed by atoms with Gasteiger partial charge in [-0.1, -0.05) is 150 Å². The van der Waals surface area contributed by atoms with Crippen LogP contribution in [0.2, 0.25) is 0 Å². The zero-order valence-corrected chi connectivity index (χ0v) is 30.2. The molecule has 0 aromatic heterocycles. The molecule has 4 rings (SSSR count). The first-order valence-electron chi connectivity index (χ1n) is 16.5. The number of phenols is 2. The number of rotatable bonds is 6. The fourth-order valence-electron chi connectivity index (χ4n) is 6.22. The highest BCUT2D eigenvalue weighted by Crippen LogP contribution is 2.42. The van der Waals surface area contributed by atoms with Crippen LogP contribution in [-0.4, -0.2) is 15.1 Å². The first-order chi connectivity index (χ1) is 20.6. The van der Waals surface area contributed by atoms with Crippen molar-refractivity contribution < 1.29 is 10.2 Å². The summed E-state index contributed by atoms with van der Waals surface area (Å²) in [5.41, 5.74) is 6.86. The Bertz CT molecular complexity index is 1580. The SMILES string of the molecule is CC(c1cccc2ccccc12)N(Cc1cc(C(C)(C)C)cc(C(C)(C)C)c1O)Cc1cc(C(C)(C)C)cc(C(C)(C)C)c1O. The van der Waals surface area contributed by atoms with Gasteiger partial charge in [-0.15, -0.1) is 0 Å². The summed E-state index contributed by atoms with van der Waals surface area (Å²) >= 11 is 0. The molecule has 1 atom stereocenters. The Morgan fingerprint density at radius 3 is 1.40 bits per heavy atom. The maximum atomic E-state index is 11.8. The van der Waals surface area contributed by atoms with Gasteiger partial charge in [-0.05, 0) is 67.2 Å². The Balaban J connectivity index is 1.95. The van der Waals surface area contributed by atoms with Crippen LogP contribution in [0.3, 0.4) is 0 Å². The molecule has 242 valence electrons. The lowest BCUT2D eigenvalue weighted by molar-refractivity contribution is 0.188. The van der Waals surface area contributed by atoms with Gasteiger partial charge in [-0.25, -0.2) is 0 Å². The molecule has 3 nitrogen and oxygen atoms in total. The molecule has 1 unspecified atom stereocenters. The van der Waals surface area contributed by atoms with E-state index >= 15 is 0 Å². The predicted molar refractivity (Wildman–Crippen MR) is 193 cm³/mol. The third kappa shape index (κ3) is 7.58. The largest absolute Gasteiger partial charge is 0.507 e. The summed E-state index contributed by atoms with van der Waals surface area (Å²) < 4.78 is 0. The van der Waals surface area contributed by atoms with Crippen molar-refractivity contribution >= 4 is 10.8 Å². The molecule has 0 spiro atoms. The van der Waals surface area contributed by atoms with E-state index in [0.29, 0.717) is 24.6 Å². The van der Waals surface area contributed by atoms with Crippen molar-refractivity contribution in [3.05, 3.63) is 106 Å². The number of aromatic hydroxyl groups is 2. The van der Waals surface area contributed by atoms with Crippen LogP contribution in [0.5, 0.6) is 11.5 Å². The Morgan fingerprint density at radius 1 is 0.556 bits per heavy atom. The summed E-state index contributed by atoms with van der Waals surface area (Å²) in [7, 11) is 0. The molecule has 0 saturated carbocycles. The molecule has 4 aromatic rings. The number of fused-ring (bicyclic) bond motifs is 1. The summed E-state index contributed by atoms with van der Waals surface area (Å²) in [5, 5.41) is 26.1. The molecule has 0 amide bonds. The van der Waals surface area contributed by atoms with Crippen molar-refractivity contribution in [3.63, 3.8) is 0 Å². The minimum atomic E-state index is -0.215. The minimum Gasteiger partial charge on any atom is -0.507 e. The van der Waals surface area contributed by atoms with E-state index in [9.17, 15) is 10.2 Å². The summed E-state index contributed by atoms with van der Waals surface area (Å²) in [4.78, 5) is 2.42. The van der Waals surface area contributed by atoms with Crippen LogP contribution >= 0.6 is 0 Å². The highest BCUT2D eigenvalue weighted by Gasteiger charge is 2.30. The average molecular weight is 608 g/mol. The molecular formula is C42H57NO2. The first-order valence-corrected chi connectivity index (χ1v) is 16.5. The van der Waals surface area contributed by atoms with E-state index in [0.717, 1.165) is 22.3 Å². The Labute approximate surface area is 273 Å². The highest BCUT2D eigenvalue weighted by molar-refractivity contribution is 5.86. The molecule has 0 radical (unpaired) electrons. The van der Waals surface area contributed by atoms with Crippen LogP contribution in [0, 0.1) is 0 Å². The van der Waals surface area contributed by atoms with Crippen LogP contribution in [0.4, 0.5) is 0 Å².